The van der Waals surface area contributed by atoms with E-state index in [1.165, 1.54) is 0 Å². The van der Waals surface area contributed by atoms with Crippen molar-refractivity contribution in [2.45, 2.75) is 65.0 Å². The Bertz CT molecular complexity index is 318. The average Bonchev–Trinajstić information content (AvgIpc) is 2.77. The van der Waals surface area contributed by atoms with Crippen LogP contribution in [0.4, 0.5) is 4.79 Å². The van der Waals surface area contributed by atoms with Gasteiger partial charge in [0, 0.05) is 18.6 Å². The summed E-state index contributed by atoms with van der Waals surface area (Å²) in [5.74, 6) is -0.419. The first-order chi connectivity index (χ1) is 8.95. The van der Waals surface area contributed by atoms with E-state index in [0.717, 1.165) is 25.8 Å². The molecule has 0 aromatic heterocycles. The second kappa shape index (κ2) is 7.36. The number of nitrogens with one attached hydrogen (secondary N) is 1. The fraction of sp³-hybridized carbons (Fsp3) is 0.857. The minimum Gasteiger partial charge on any atom is -0.481 e. The van der Waals surface area contributed by atoms with Crippen LogP contribution >= 0.6 is 0 Å². The van der Waals surface area contributed by atoms with Gasteiger partial charge in [-0.25, -0.2) is 4.79 Å². The Morgan fingerprint density at radius 3 is 2.63 bits per heavy atom. The van der Waals surface area contributed by atoms with Gasteiger partial charge in [-0.05, 0) is 25.2 Å². The van der Waals surface area contributed by atoms with Crippen molar-refractivity contribution in [3.63, 3.8) is 0 Å². The summed E-state index contributed by atoms with van der Waals surface area (Å²) < 4.78 is 0. The van der Waals surface area contributed by atoms with Gasteiger partial charge in [-0.1, -0.05) is 27.2 Å². The van der Waals surface area contributed by atoms with Crippen molar-refractivity contribution in [2.75, 3.05) is 6.54 Å². The summed E-state index contributed by atoms with van der Waals surface area (Å²) in [6.07, 6.45) is 3.65. The van der Waals surface area contributed by atoms with E-state index in [4.69, 9.17) is 5.11 Å². The normalized spacial score (nSPS) is 20.6. The van der Waals surface area contributed by atoms with Crippen LogP contribution in [0.25, 0.3) is 0 Å². The first-order valence-electron chi connectivity index (χ1n) is 7.24. The first kappa shape index (κ1) is 15.8. The molecule has 110 valence electrons. The monoisotopic (exact) mass is 270 g/mol. The number of rotatable bonds is 6. The van der Waals surface area contributed by atoms with Crippen LogP contribution in [0, 0.1) is 5.92 Å². The standard InChI is InChI=1S/C14H26N2O3/c1-4-6-11(9-13(17)18)15-14(19)16-8-5-7-12(16)10(2)3/h10-12H,4-9H2,1-3H3,(H,15,19)(H,17,18). The van der Waals surface area contributed by atoms with Gasteiger partial charge < -0.3 is 15.3 Å². The lowest BCUT2D eigenvalue weighted by Crippen LogP contribution is -2.48. The van der Waals surface area contributed by atoms with Crippen molar-refractivity contribution in [1.82, 2.24) is 10.2 Å². The van der Waals surface area contributed by atoms with Crippen LogP contribution in [0.15, 0.2) is 0 Å². The Morgan fingerprint density at radius 1 is 1.42 bits per heavy atom. The lowest BCUT2D eigenvalue weighted by Gasteiger charge is -2.29. The Kier molecular flexibility index (Phi) is 6.12. The van der Waals surface area contributed by atoms with Crippen LogP contribution in [0.5, 0.6) is 0 Å². The predicted octanol–water partition coefficient (Wildman–Crippen LogP) is 2.46. The molecule has 1 heterocycles. The molecule has 1 fully saturated rings. The summed E-state index contributed by atoms with van der Waals surface area (Å²) in [7, 11) is 0. The number of amides is 2. The summed E-state index contributed by atoms with van der Waals surface area (Å²) in [6.45, 7) is 7.02. The van der Waals surface area contributed by atoms with Crippen molar-refractivity contribution in [2.24, 2.45) is 5.92 Å². The van der Waals surface area contributed by atoms with E-state index in [9.17, 15) is 9.59 Å². The highest BCUT2D eigenvalue weighted by Crippen LogP contribution is 2.23. The number of aliphatic carboxylic acids is 1. The summed E-state index contributed by atoms with van der Waals surface area (Å²) in [5, 5.41) is 11.7. The van der Waals surface area contributed by atoms with E-state index in [0.29, 0.717) is 12.3 Å². The molecule has 2 N–H and O–H groups in total. The van der Waals surface area contributed by atoms with Gasteiger partial charge in [0.25, 0.3) is 0 Å². The largest absolute Gasteiger partial charge is 0.481 e. The molecule has 1 saturated heterocycles. The Morgan fingerprint density at radius 2 is 2.11 bits per heavy atom. The molecule has 0 spiro atoms. The fourth-order valence-corrected chi connectivity index (χ4v) is 2.78. The molecule has 2 amide bonds. The highest BCUT2D eigenvalue weighted by Gasteiger charge is 2.31. The second-order valence-electron chi connectivity index (χ2n) is 5.68. The molecule has 2 atom stereocenters. The number of hydrogen-bond donors (Lipinski definition) is 2. The highest BCUT2D eigenvalue weighted by molar-refractivity contribution is 5.76. The Hall–Kier alpha value is -1.26. The zero-order valence-corrected chi connectivity index (χ0v) is 12.2. The number of carbonyl (C=O) groups is 2. The molecule has 2 unspecified atom stereocenters. The molecule has 5 heteroatoms. The summed E-state index contributed by atoms with van der Waals surface area (Å²) in [5.41, 5.74) is 0. The lowest BCUT2D eigenvalue weighted by atomic mass is 10.0. The van der Waals surface area contributed by atoms with E-state index in [2.05, 4.69) is 19.2 Å². The lowest BCUT2D eigenvalue weighted by molar-refractivity contribution is -0.137. The van der Waals surface area contributed by atoms with E-state index >= 15 is 0 Å². The van der Waals surface area contributed by atoms with E-state index in [1.807, 2.05) is 11.8 Å². The summed E-state index contributed by atoms with van der Waals surface area (Å²) in [6, 6.07) is -0.0774. The molecule has 0 aromatic carbocycles. The third kappa shape index (κ3) is 4.73. The number of likely N-dealkylation sites (tertiary alicyclic amines) is 1. The summed E-state index contributed by atoms with van der Waals surface area (Å²) in [4.78, 5) is 24.9. The van der Waals surface area contributed by atoms with Crippen molar-refractivity contribution in [3.05, 3.63) is 0 Å². The van der Waals surface area contributed by atoms with Gasteiger partial charge >= 0.3 is 12.0 Å². The molecule has 1 rings (SSSR count). The van der Waals surface area contributed by atoms with Crippen LogP contribution in [0.3, 0.4) is 0 Å². The molecular formula is C14H26N2O3. The zero-order valence-electron chi connectivity index (χ0n) is 12.2. The van der Waals surface area contributed by atoms with Crippen LogP contribution in [-0.4, -0.2) is 40.6 Å². The van der Waals surface area contributed by atoms with Crippen LogP contribution in [-0.2, 0) is 4.79 Å². The van der Waals surface area contributed by atoms with Crippen molar-refractivity contribution < 1.29 is 14.7 Å². The zero-order chi connectivity index (χ0) is 14.4. The number of hydrogen-bond acceptors (Lipinski definition) is 2. The third-order valence-corrected chi connectivity index (χ3v) is 3.72. The minimum atomic E-state index is -0.861. The topological polar surface area (TPSA) is 69.6 Å². The molecule has 1 aliphatic heterocycles. The third-order valence-electron chi connectivity index (χ3n) is 3.72. The second-order valence-corrected chi connectivity index (χ2v) is 5.68. The van der Waals surface area contributed by atoms with Crippen LogP contribution in [0.2, 0.25) is 0 Å². The Labute approximate surface area is 115 Å². The molecule has 1 aliphatic rings. The van der Waals surface area contributed by atoms with Crippen molar-refractivity contribution in [3.8, 4) is 0 Å². The maximum Gasteiger partial charge on any atom is 0.317 e. The maximum absolute atomic E-state index is 12.2. The number of carboxylic acids is 1. The number of carboxylic acid groups (broad SMARTS) is 1. The van der Waals surface area contributed by atoms with Gasteiger partial charge in [-0.3, -0.25) is 4.79 Å². The molecular weight excluding hydrogens is 244 g/mol. The molecule has 5 nitrogen and oxygen atoms in total. The first-order valence-corrected chi connectivity index (χ1v) is 7.24. The Balaban J connectivity index is 2.57. The molecule has 0 radical (unpaired) electrons. The predicted molar refractivity (Wildman–Crippen MR) is 74.0 cm³/mol. The number of urea groups is 1. The quantitative estimate of drug-likeness (QED) is 0.779. The molecule has 0 aromatic rings. The van der Waals surface area contributed by atoms with Gasteiger partial charge in [0.2, 0.25) is 0 Å². The van der Waals surface area contributed by atoms with Gasteiger partial charge in [-0.15, -0.1) is 0 Å². The molecule has 0 saturated carbocycles. The van der Waals surface area contributed by atoms with E-state index < -0.39 is 5.97 Å². The van der Waals surface area contributed by atoms with E-state index in [-0.39, 0.29) is 24.5 Å². The fourth-order valence-electron chi connectivity index (χ4n) is 2.78. The SMILES string of the molecule is CCCC(CC(=O)O)NC(=O)N1CCCC1C(C)C. The van der Waals surface area contributed by atoms with Gasteiger partial charge in [0.05, 0.1) is 6.42 Å². The van der Waals surface area contributed by atoms with Crippen molar-refractivity contribution in [1.29, 1.82) is 0 Å². The van der Waals surface area contributed by atoms with Gasteiger partial charge in [-0.2, -0.15) is 0 Å². The highest BCUT2D eigenvalue weighted by atomic mass is 16.4. The van der Waals surface area contributed by atoms with Gasteiger partial charge in [0.15, 0.2) is 0 Å². The van der Waals surface area contributed by atoms with Gasteiger partial charge in [0.1, 0.15) is 0 Å². The smallest absolute Gasteiger partial charge is 0.317 e. The minimum absolute atomic E-state index is 0.000233. The molecule has 0 aliphatic carbocycles. The van der Waals surface area contributed by atoms with Crippen LogP contribution < -0.4 is 5.32 Å². The van der Waals surface area contributed by atoms with E-state index in [1.54, 1.807) is 0 Å². The number of nitrogens with zero attached hydrogens (tertiary/aromatic N) is 1. The summed E-state index contributed by atoms with van der Waals surface area (Å²) >= 11 is 0. The molecule has 0 bridgehead atoms. The van der Waals surface area contributed by atoms with Crippen LogP contribution in [0.1, 0.15) is 52.9 Å². The average molecular weight is 270 g/mol. The van der Waals surface area contributed by atoms with Crippen molar-refractivity contribution >= 4 is 12.0 Å². The maximum atomic E-state index is 12.2. The molecule has 19 heavy (non-hydrogen) atoms. The number of carbonyl (C=O) groups excluding carboxylic acids is 1.